The van der Waals surface area contributed by atoms with Gasteiger partial charge in [0.15, 0.2) is 0 Å². The predicted octanol–water partition coefficient (Wildman–Crippen LogP) is 15.9. The quantitative estimate of drug-likeness (QED) is 0.153. The number of anilines is 3. The average molecular weight is 776 g/mol. The van der Waals surface area contributed by atoms with Crippen molar-refractivity contribution >= 4 is 93.0 Å². The van der Waals surface area contributed by atoms with E-state index in [1.165, 1.54) is 92.7 Å². The van der Waals surface area contributed by atoms with Gasteiger partial charge in [0.05, 0.1) is 22.1 Å². The Morgan fingerprint density at radius 3 is 1.56 bits per heavy atom. The van der Waals surface area contributed by atoms with Gasteiger partial charge in [-0.1, -0.05) is 140 Å². The molecule has 284 valence electrons. The van der Waals surface area contributed by atoms with E-state index < -0.39 is 0 Å². The number of aromatic nitrogens is 2. The second-order valence-electron chi connectivity index (χ2n) is 16.1. The van der Waals surface area contributed by atoms with E-state index in [0.29, 0.717) is 0 Å². The molecule has 3 heteroatoms. The van der Waals surface area contributed by atoms with Gasteiger partial charge in [0.25, 0.3) is 0 Å². The van der Waals surface area contributed by atoms with Crippen LogP contribution in [-0.2, 0) is 0 Å². The lowest BCUT2D eigenvalue weighted by atomic mass is 9.89. The molecule has 0 saturated heterocycles. The lowest BCUT2D eigenvalue weighted by Gasteiger charge is -2.26. The summed E-state index contributed by atoms with van der Waals surface area (Å²) in [6.45, 7) is 0. The van der Waals surface area contributed by atoms with Crippen molar-refractivity contribution in [1.82, 2.24) is 9.13 Å². The van der Waals surface area contributed by atoms with Crippen molar-refractivity contribution < 1.29 is 0 Å². The molecule has 11 aromatic carbocycles. The first-order valence-electron chi connectivity index (χ1n) is 21.0. The summed E-state index contributed by atoms with van der Waals surface area (Å²) in [6.07, 6.45) is 0. The van der Waals surface area contributed by atoms with Crippen LogP contribution in [0.15, 0.2) is 224 Å². The lowest BCUT2D eigenvalue weighted by molar-refractivity contribution is 1.18. The Hall–Kier alpha value is -8.14. The molecule has 0 aliphatic heterocycles. The minimum atomic E-state index is 1.11. The van der Waals surface area contributed by atoms with E-state index in [1.54, 1.807) is 0 Å². The Balaban J connectivity index is 0.968. The first kappa shape index (κ1) is 33.8. The molecule has 3 nitrogen and oxygen atoms in total. The van der Waals surface area contributed by atoms with Crippen LogP contribution in [0.5, 0.6) is 0 Å². The van der Waals surface area contributed by atoms with Crippen molar-refractivity contribution in [1.29, 1.82) is 0 Å². The fourth-order valence-corrected chi connectivity index (χ4v) is 10.2. The van der Waals surface area contributed by atoms with Crippen molar-refractivity contribution in [2.45, 2.75) is 0 Å². The number of hydrogen-bond acceptors (Lipinski definition) is 1. The van der Waals surface area contributed by atoms with Gasteiger partial charge in [0.2, 0.25) is 0 Å². The molecule has 0 aliphatic rings. The van der Waals surface area contributed by atoms with Gasteiger partial charge in [0.1, 0.15) is 0 Å². The number of nitrogens with zero attached hydrogens (tertiary/aromatic N) is 3. The highest BCUT2D eigenvalue weighted by atomic mass is 15.1. The number of para-hydroxylation sites is 5. The Labute approximate surface area is 352 Å². The summed E-state index contributed by atoms with van der Waals surface area (Å²) in [7, 11) is 0. The van der Waals surface area contributed by atoms with Crippen LogP contribution >= 0.6 is 0 Å². The molecule has 2 heterocycles. The molecule has 13 rings (SSSR count). The third-order valence-corrected chi connectivity index (χ3v) is 12.8. The summed E-state index contributed by atoms with van der Waals surface area (Å²) >= 11 is 0. The molecule has 0 aliphatic carbocycles. The van der Waals surface area contributed by atoms with Gasteiger partial charge in [-0.05, 0) is 123 Å². The Morgan fingerprint density at radius 2 is 0.820 bits per heavy atom. The number of benzene rings is 11. The summed E-state index contributed by atoms with van der Waals surface area (Å²) in [5, 5.41) is 12.7. The molecular formula is C58H37N3. The van der Waals surface area contributed by atoms with Crippen molar-refractivity contribution in [3.05, 3.63) is 224 Å². The molecule has 0 amide bonds. The third kappa shape index (κ3) is 5.04. The van der Waals surface area contributed by atoms with Crippen LogP contribution in [0.1, 0.15) is 0 Å². The second-order valence-corrected chi connectivity index (χ2v) is 16.1. The highest BCUT2D eigenvalue weighted by Gasteiger charge is 2.21. The molecule has 0 atom stereocenters. The van der Waals surface area contributed by atoms with Crippen LogP contribution in [0.3, 0.4) is 0 Å². The fraction of sp³-hybridized carbons (Fsp3) is 0. The molecule has 13 aromatic rings. The molecule has 0 unspecified atom stereocenters. The number of hydrogen-bond donors (Lipinski definition) is 0. The summed E-state index contributed by atoms with van der Waals surface area (Å²) < 4.78 is 4.83. The van der Waals surface area contributed by atoms with Gasteiger partial charge in [-0.25, -0.2) is 0 Å². The summed E-state index contributed by atoms with van der Waals surface area (Å²) in [4.78, 5) is 2.37. The summed E-state index contributed by atoms with van der Waals surface area (Å²) in [5.74, 6) is 0. The topological polar surface area (TPSA) is 13.1 Å². The van der Waals surface area contributed by atoms with Crippen molar-refractivity contribution in [3.8, 4) is 22.5 Å². The van der Waals surface area contributed by atoms with E-state index in [2.05, 4.69) is 238 Å². The molecule has 0 fully saturated rings. The van der Waals surface area contributed by atoms with Crippen molar-refractivity contribution in [2.75, 3.05) is 4.90 Å². The van der Waals surface area contributed by atoms with Gasteiger partial charge < -0.3 is 14.0 Å². The maximum Gasteiger partial charge on any atom is 0.0620 e. The zero-order chi connectivity index (χ0) is 40.0. The first-order valence-corrected chi connectivity index (χ1v) is 21.0. The maximum absolute atomic E-state index is 2.45. The van der Waals surface area contributed by atoms with E-state index in [1.807, 2.05) is 0 Å². The summed E-state index contributed by atoms with van der Waals surface area (Å²) in [6, 6.07) is 82.1. The normalized spacial score (nSPS) is 11.9. The third-order valence-electron chi connectivity index (χ3n) is 12.8. The SMILES string of the molecule is c1ccc(N(c2ccc(-c3ccc4ccc5c6c(ccc3c46)cc3c4ccccc4n(-c4ccccc4)c35)cc2)c2ccc3c(c2)c2ccccc2n3-c2ccccc2)cc1. The minimum Gasteiger partial charge on any atom is -0.310 e. The Bertz CT molecular complexity index is 3790. The molecule has 0 saturated carbocycles. The molecule has 0 bridgehead atoms. The molecule has 0 spiro atoms. The van der Waals surface area contributed by atoms with Gasteiger partial charge in [-0.3, -0.25) is 0 Å². The van der Waals surface area contributed by atoms with E-state index in [-0.39, 0.29) is 0 Å². The molecule has 61 heavy (non-hydrogen) atoms. The Kier molecular flexibility index (Phi) is 7.31. The van der Waals surface area contributed by atoms with Crippen LogP contribution in [0, 0.1) is 0 Å². The smallest absolute Gasteiger partial charge is 0.0620 e. The maximum atomic E-state index is 2.45. The molecule has 0 radical (unpaired) electrons. The molecular weight excluding hydrogens is 739 g/mol. The van der Waals surface area contributed by atoms with Gasteiger partial charge in [0, 0.05) is 55.4 Å². The Morgan fingerprint density at radius 1 is 0.295 bits per heavy atom. The van der Waals surface area contributed by atoms with Gasteiger partial charge in [-0.2, -0.15) is 0 Å². The van der Waals surface area contributed by atoms with Crippen LogP contribution in [0.4, 0.5) is 17.1 Å². The molecule has 2 aromatic heterocycles. The highest BCUT2D eigenvalue weighted by Crippen LogP contribution is 2.46. The largest absolute Gasteiger partial charge is 0.310 e. The van der Waals surface area contributed by atoms with Crippen LogP contribution in [0.2, 0.25) is 0 Å². The van der Waals surface area contributed by atoms with E-state index in [9.17, 15) is 0 Å². The monoisotopic (exact) mass is 775 g/mol. The van der Waals surface area contributed by atoms with Crippen LogP contribution in [0.25, 0.3) is 98.4 Å². The molecule has 0 N–H and O–H groups in total. The van der Waals surface area contributed by atoms with Crippen molar-refractivity contribution in [3.63, 3.8) is 0 Å². The lowest BCUT2D eigenvalue weighted by Crippen LogP contribution is -2.09. The van der Waals surface area contributed by atoms with E-state index in [4.69, 9.17) is 0 Å². The zero-order valence-electron chi connectivity index (χ0n) is 33.2. The van der Waals surface area contributed by atoms with Crippen LogP contribution in [-0.4, -0.2) is 9.13 Å². The average Bonchev–Trinajstić information content (AvgIpc) is 3.84. The second kappa shape index (κ2) is 13.2. The van der Waals surface area contributed by atoms with Crippen molar-refractivity contribution in [2.24, 2.45) is 0 Å². The minimum absolute atomic E-state index is 1.11. The number of rotatable bonds is 6. The van der Waals surface area contributed by atoms with E-state index >= 15 is 0 Å². The fourth-order valence-electron chi connectivity index (χ4n) is 10.2. The predicted molar refractivity (Wildman–Crippen MR) is 259 cm³/mol. The summed E-state index contributed by atoms with van der Waals surface area (Å²) in [5.41, 5.74) is 13.0. The van der Waals surface area contributed by atoms with Gasteiger partial charge >= 0.3 is 0 Å². The first-order chi connectivity index (χ1) is 30.3. The standard InChI is InChI=1S/C58H37N3/c1-4-14-41(15-5-1)59(45-31-35-55-51(37-45)47-20-10-12-22-53(47)60(55)42-16-6-2-7-17-42)44-29-24-38(25-30-44)46-32-26-39-27-34-50-57-40(28-33-49(46)56(39)57)36-52-48-21-11-13-23-54(48)61(58(50)52)43-18-8-3-9-19-43/h1-37H. The van der Waals surface area contributed by atoms with E-state index in [0.717, 1.165) is 22.7 Å². The zero-order valence-corrected chi connectivity index (χ0v) is 33.2. The van der Waals surface area contributed by atoms with Crippen LogP contribution < -0.4 is 4.90 Å². The van der Waals surface area contributed by atoms with Gasteiger partial charge in [-0.15, -0.1) is 0 Å². The highest BCUT2D eigenvalue weighted by molar-refractivity contribution is 6.32. The number of fused-ring (bicyclic) bond motifs is 7.